The van der Waals surface area contributed by atoms with Crippen LogP contribution in [0.5, 0.6) is 0 Å². The lowest BCUT2D eigenvalue weighted by Gasteiger charge is -2.22. The zero-order chi connectivity index (χ0) is 12.7. The SMILES string of the molecule is CCOCC(NCc1ccccc1Br)C(C)C. The standard InChI is InChI=1S/C14H22BrNO/c1-4-17-10-14(11(2)3)16-9-12-7-5-6-8-13(12)15/h5-8,11,14,16H,4,9-10H2,1-3H3. The van der Waals surface area contributed by atoms with Gasteiger partial charge < -0.3 is 10.1 Å². The summed E-state index contributed by atoms with van der Waals surface area (Å²) in [6, 6.07) is 8.71. The highest BCUT2D eigenvalue weighted by Gasteiger charge is 2.13. The van der Waals surface area contributed by atoms with Crippen LogP contribution in [0.4, 0.5) is 0 Å². The summed E-state index contributed by atoms with van der Waals surface area (Å²) in [7, 11) is 0. The van der Waals surface area contributed by atoms with Crippen LogP contribution in [0.1, 0.15) is 26.3 Å². The predicted octanol–water partition coefficient (Wildman–Crippen LogP) is 3.60. The number of halogens is 1. The zero-order valence-electron chi connectivity index (χ0n) is 10.9. The highest BCUT2D eigenvalue weighted by molar-refractivity contribution is 9.10. The summed E-state index contributed by atoms with van der Waals surface area (Å²) in [5.41, 5.74) is 1.29. The molecule has 0 saturated heterocycles. The van der Waals surface area contributed by atoms with Crippen molar-refractivity contribution in [3.05, 3.63) is 34.3 Å². The van der Waals surface area contributed by atoms with Crippen molar-refractivity contribution in [1.29, 1.82) is 0 Å². The van der Waals surface area contributed by atoms with Gasteiger partial charge in [0.15, 0.2) is 0 Å². The summed E-state index contributed by atoms with van der Waals surface area (Å²) in [5.74, 6) is 0.573. The number of rotatable bonds is 7. The molecule has 1 aromatic rings. The first-order chi connectivity index (χ1) is 8.15. The van der Waals surface area contributed by atoms with E-state index >= 15 is 0 Å². The molecule has 1 N–H and O–H groups in total. The Morgan fingerprint density at radius 3 is 2.59 bits per heavy atom. The fraction of sp³-hybridized carbons (Fsp3) is 0.571. The smallest absolute Gasteiger partial charge is 0.0622 e. The van der Waals surface area contributed by atoms with Gasteiger partial charge in [0.25, 0.3) is 0 Å². The van der Waals surface area contributed by atoms with E-state index in [-0.39, 0.29) is 0 Å². The number of benzene rings is 1. The topological polar surface area (TPSA) is 21.3 Å². The molecule has 0 aliphatic rings. The summed E-state index contributed by atoms with van der Waals surface area (Å²) in [5, 5.41) is 3.56. The second-order valence-electron chi connectivity index (χ2n) is 4.48. The Kier molecular flexibility index (Phi) is 6.78. The van der Waals surface area contributed by atoms with E-state index in [2.05, 4.69) is 53.3 Å². The molecule has 0 aliphatic carbocycles. The van der Waals surface area contributed by atoms with E-state index in [9.17, 15) is 0 Å². The van der Waals surface area contributed by atoms with Crippen LogP contribution in [-0.2, 0) is 11.3 Å². The molecule has 96 valence electrons. The maximum Gasteiger partial charge on any atom is 0.0622 e. The average molecular weight is 300 g/mol. The van der Waals surface area contributed by atoms with Crippen LogP contribution in [0.25, 0.3) is 0 Å². The molecule has 1 aromatic carbocycles. The monoisotopic (exact) mass is 299 g/mol. The molecular weight excluding hydrogens is 278 g/mol. The first kappa shape index (κ1) is 14.7. The zero-order valence-corrected chi connectivity index (χ0v) is 12.5. The molecule has 0 saturated carbocycles. The van der Waals surface area contributed by atoms with Crippen molar-refractivity contribution in [2.45, 2.75) is 33.4 Å². The fourth-order valence-electron chi connectivity index (χ4n) is 1.61. The Morgan fingerprint density at radius 2 is 2.00 bits per heavy atom. The molecule has 1 unspecified atom stereocenters. The van der Waals surface area contributed by atoms with E-state index in [1.165, 1.54) is 5.56 Å². The Morgan fingerprint density at radius 1 is 1.29 bits per heavy atom. The maximum atomic E-state index is 5.50. The van der Waals surface area contributed by atoms with Crippen LogP contribution < -0.4 is 5.32 Å². The van der Waals surface area contributed by atoms with Crippen LogP contribution in [-0.4, -0.2) is 19.3 Å². The summed E-state index contributed by atoms with van der Waals surface area (Å²) < 4.78 is 6.66. The number of hydrogen-bond acceptors (Lipinski definition) is 2. The molecule has 0 heterocycles. The quantitative estimate of drug-likeness (QED) is 0.831. The van der Waals surface area contributed by atoms with Gasteiger partial charge in [-0.25, -0.2) is 0 Å². The minimum Gasteiger partial charge on any atom is -0.380 e. The van der Waals surface area contributed by atoms with Crippen LogP contribution >= 0.6 is 15.9 Å². The number of nitrogens with one attached hydrogen (secondary N) is 1. The van der Waals surface area contributed by atoms with Crippen molar-refractivity contribution in [1.82, 2.24) is 5.32 Å². The molecule has 17 heavy (non-hydrogen) atoms. The molecule has 0 bridgehead atoms. The molecule has 0 fully saturated rings. The van der Waals surface area contributed by atoms with E-state index < -0.39 is 0 Å². The third-order valence-electron chi connectivity index (χ3n) is 2.82. The first-order valence-electron chi connectivity index (χ1n) is 6.19. The average Bonchev–Trinajstić information content (AvgIpc) is 2.31. The van der Waals surface area contributed by atoms with Gasteiger partial charge in [0.2, 0.25) is 0 Å². The van der Waals surface area contributed by atoms with Crippen molar-refractivity contribution in [2.24, 2.45) is 5.92 Å². The van der Waals surface area contributed by atoms with E-state index in [1.54, 1.807) is 0 Å². The van der Waals surface area contributed by atoms with Crippen molar-refractivity contribution >= 4 is 15.9 Å². The van der Waals surface area contributed by atoms with Crippen molar-refractivity contribution in [2.75, 3.05) is 13.2 Å². The highest BCUT2D eigenvalue weighted by atomic mass is 79.9. The first-order valence-corrected chi connectivity index (χ1v) is 6.99. The van der Waals surface area contributed by atoms with Gasteiger partial charge in [0.05, 0.1) is 6.61 Å². The van der Waals surface area contributed by atoms with Crippen LogP contribution in [0, 0.1) is 5.92 Å². The van der Waals surface area contributed by atoms with E-state index in [0.717, 1.165) is 24.2 Å². The summed E-state index contributed by atoms with van der Waals surface area (Å²) in [4.78, 5) is 0. The van der Waals surface area contributed by atoms with E-state index in [0.29, 0.717) is 12.0 Å². The molecule has 3 heteroatoms. The van der Waals surface area contributed by atoms with Crippen molar-refractivity contribution < 1.29 is 4.74 Å². The molecule has 1 rings (SSSR count). The van der Waals surface area contributed by atoms with Gasteiger partial charge in [0, 0.05) is 23.7 Å². The van der Waals surface area contributed by atoms with Gasteiger partial charge in [-0.3, -0.25) is 0 Å². The van der Waals surface area contributed by atoms with Gasteiger partial charge in [-0.05, 0) is 24.5 Å². The van der Waals surface area contributed by atoms with Crippen LogP contribution in [0.2, 0.25) is 0 Å². The van der Waals surface area contributed by atoms with E-state index in [1.807, 2.05) is 13.0 Å². The lowest BCUT2D eigenvalue weighted by molar-refractivity contribution is 0.108. The molecule has 0 amide bonds. The normalized spacial score (nSPS) is 13.0. The van der Waals surface area contributed by atoms with Gasteiger partial charge in [-0.1, -0.05) is 48.0 Å². The summed E-state index contributed by atoms with van der Waals surface area (Å²) in [6.45, 7) is 8.90. The lowest BCUT2D eigenvalue weighted by atomic mass is 10.0. The van der Waals surface area contributed by atoms with Crippen molar-refractivity contribution in [3.63, 3.8) is 0 Å². The van der Waals surface area contributed by atoms with Gasteiger partial charge in [0.1, 0.15) is 0 Å². The lowest BCUT2D eigenvalue weighted by Crippen LogP contribution is -2.37. The minimum atomic E-state index is 0.405. The molecule has 0 radical (unpaired) electrons. The number of ether oxygens (including phenoxy) is 1. The van der Waals surface area contributed by atoms with Crippen LogP contribution in [0.3, 0.4) is 0 Å². The largest absolute Gasteiger partial charge is 0.380 e. The number of hydrogen-bond donors (Lipinski definition) is 1. The molecular formula is C14H22BrNO. The van der Waals surface area contributed by atoms with Crippen molar-refractivity contribution in [3.8, 4) is 0 Å². The maximum absolute atomic E-state index is 5.50. The molecule has 2 nitrogen and oxygen atoms in total. The third kappa shape index (κ3) is 5.19. The summed E-state index contributed by atoms with van der Waals surface area (Å²) in [6.07, 6.45) is 0. The molecule has 1 atom stereocenters. The molecule has 0 aliphatic heterocycles. The van der Waals surface area contributed by atoms with Gasteiger partial charge in [-0.2, -0.15) is 0 Å². The highest BCUT2D eigenvalue weighted by Crippen LogP contribution is 2.16. The minimum absolute atomic E-state index is 0.405. The predicted molar refractivity (Wildman–Crippen MR) is 76.1 cm³/mol. The third-order valence-corrected chi connectivity index (χ3v) is 3.59. The Labute approximate surface area is 113 Å². The van der Waals surface area contributed by atoms with Crippen LogP contribution in [0.15, 0.2) is 28.7 Å². The summed E-state index contributed by atoms with van der Waals surface area (Å²) >= 11 is 3.56. The Hall–Kier alpha value is -0.380. The van der Waals surface area contributed by atoms with E-state index in [4.69, 9.17) is 4.74 Å². The molecule has 0 aromatic heterocycles. The van der Waals surface area contributed by atoms with Gasteiger partial charge >= 0.3 is 0 Å². The Bertz CT molecular complexity index is 328. The second-order valence-corrected chi connectivity index (χ2v) is 5.34. The molecule has 0 spiro atoms. The Balaban J connectivity index is 2.49. The fourth-order valence-corrected chi connectivity index (χ4v) is 2.04. The van der Waals surface area contributed by atoms with Gasteiger partial charge in [-0.15, -0.1) is 0 Å². The second kappa shape index (κ2) is 7.85.